The molecule has 0 fully saturated rings. The van der Waals surface area contributed by atoms with E-state index in [-0.39, 0.29) is 5.82 Å². The number of rotatable bonds is 4. The van der Waals surface area contributed by atoms with Crippen molar-refractivity contribution in [3.05, 3.63) is 59.2 Å². The summed E-state index contributed by atoms with van der Waals surface area (Å²) in [5.41, 5.74) is 2.91. The number of ether oxygens (including phenoxy) is 1. The number of aromatic nitrogens is 1. The Kier molecular flexibility index (Phi) is 4.31. The fourth-order valence-electron chi connectivity index (χ4n) is 1.64. The third-order valence-corrected chi connectivity index (χ3v) is 3.07. The average molecular weight is 310 g/mol. The summed E-state index contributed by atoms with van der Waals surface area (Å²) in [4.78, 5) is 4.09. The molecule has 0 amide bonds. The van der Waals surface area contributed by atoms with Crippen molar-refractivity contribution in [2.45, 2.75) is 18.9 Å². The molecule has 94 valence electrons. The van der Waals surface area contributed by atoms with Gasteiger partial charge in [-0.3, -0.25) is 4.98 Å². The fraction of sp³-hybridized carbons (Fsp3) is 0.214. The topological polar surface area (TPSA) is 22.1 Å². The number of halogens is 2. The highest BCUT2D eigenvalue weighted by molar-refractivity contribution is 9.08. The van der Waals surface area contributed by atoms with Crippen LogP contribution in [0.3, 0.4) is 0 Å². The molecular formula is C14H13BrFNO. The highest BCUT2D eigenvalue weighted by Gasteiger charge is 2.02. The molecule has 2 nitrogen and oxygen atoms in total. The normalized spacial score (nSPS) is 10.4. The summed E-state index contributed by atoms with van der Waals surface area (Å²) in [5.74, 6) is 0.246. The van der Waals surface area contributed by atoms with Crippen LogP contribution in [0.15, 0.2) is 36.7 Å². The Bertz CT molecular complexity index is 545. The van der Waals surface area contributed by atoms with Crippen molar-refractivity contribution >= 4 is 15.9 Å². The zero-order valence-corrected chi connectivity index (χ0v) is 11.6. The first-order valence-corrected chi connectivity index (χ1v) is 6.68. The average Bonchev–Trinajstić information content (AvgIpc) is 2.36. The molecule has 2 aromatic rings. The van der Waals surface area contributed by atoms with Gasteiger partial charge in [-0.15, -0.1) is 0 Å². The summed E-state index contributed by atoms with van der Waals surface area (Å²) in [6.07, 6.45) is 3.53. The van der Waals surface area contributed by atoms with Crippen LogP contribution in [-0.4, -0.2) is 4.98 Å². The number of benzene rings is 1. The van der Waals surface area contributed by atoms with Crippen LogP contribution in [0.5, 0.6) is 5.75 Å². The number of pyridine rings is 1. The molecule has 0 aliphatic rings. The van der Waals surface area contributed by atoms with Crippen LogP contribution in [0.2, 0.25) is 0 Å². The van der Waals surface area contributed by atoms with E-state index in [2.05, 4.69) is 20.9 Å². The molecule has 0 spiro atoms. The van der Waals surface area contributed by atoms with Crippen molar-refractivity contribution in [2.24, 2.45) is 0 Å². The van der Waals surface area contributed by atoms with Crippen LogP contribution in [0, 0.1) is 12.7 Å². The maximum Gasteiger partial charge on any atom is 0.127 e. The lowest BCUT2D eigenvalue weighted by Gasteiger charge is -2.08. The molecule has 2 rings (SSSR count). The Morgan fingerprint density at radius 1 is 1.17 bits per heavy atom. The monoisotopic (exact) mass is 309 g/mol. The maximum atomic E-state index is 13.3. The third-order valence-electron chi connectivity index (χ3n) is 2.42. The Morgan fingerprint density at radius 3 is 2.72 bits per heavy atom. The number of nitrogens with zero attached hydrogens (tertiary/aromatic N) is 1. The van der Waals surface area contributed by atoms with E-state index in [0.29, 0.717) is 17.7 Å². The van der Waals surface area contributed by atoms with Gasteiger partial charge < -0.3 is 4.74 Å². The van der Waals surface area contributed by atoms with Gasteiger partial charge in [-0.25, -0.2) is 4.39 Å². The summed E-state index contributed by atoms with van der Waals surface area (Å²) in [6, 6.07) is 6.68. The first-order chi connectivity index (χ1) is 8.67. The standard InChI is InChI=1S/C14H13BrFNO/c1-10-2-12(8-17-7-10)9-18-14-4-11(6-15)3-13(16)5-14/h2-5,7-8H,6,9H2,1H3. The molecule has 0 radical (unpaired) electrons. The lowest BCUT2D eigenvalue weighted by Crippen LogP contribution is -1.97. The second-order valence-electron chi connectivity index (χ2n) is 4.09. The molecular weight excluding hydrogens is 297 g/mol. The van der Waals surface area contributed by atoms with E-state index >= 15 is 0 Å². The van der Waals surface area contributed by atoms with Crippen molar-refractivity contribution in [3.63, 3.8) is 0 Å². The van der Waals surface area contributed by atoms with E-state index in [1.54, 1.807) is 12.4 Å². The summed E-state index contributed by atoms with van der Waals surface area (Å²) in [6.45, 7) is 2.36. The van der Waals surface area contributed by atoms with E-state index in [0.717, 1.165) is 16.7 Å². The first-order valence-electron chi connectivity index (χ1n) is 5.56. The molecule has 4 heteroatoms. The van der Waals surface area contributed by atoms with E-state index in [4.69, 9.17) is 4.74 Å². The number of aryl methyl sites for hydroxylation is 1. The molecule has 0 atom stereocenters. The summed E-state index contributed by atoms with van der Waals surface area (Å²) >= 11 is 3.30. The van der Waals surface area contributed by atoms with Crippen LogP contribution in [-0.2, 0) is 11.9 Å². The lowest BCUT2D eigenvalue weighted by molar-refractivity contribution is 0.304. The predicted molar refractivity (Wildman–Crippen MR) is 72.3 cm³/mol. The minimum atomic E-state index is -0.288. The predicted octanol–water partition coefficient (Wildman–Crippen LogP) is 4.00. The van der Waals surface area contributed by atoms with Crippen LogP contribution in [0.4, 0.5) is 4.39 Å². The van der Waals surface area contributed by atoms with Crippen molar-refractivity contribution in [1.82, 2.24) is 4.98 Å². The second kappa shape index (κ2) is 5.96. The van der Waals surface area contributed by atoms with Crippen molar-refractivity contribution in [3.8, 4) is 5.75 Å². The van der Waals surface area contributed by atoms with E-state index in [9.17, 15) is 4.39 Å². The van der Waals surface area contributed by atoms with E-state index in [1.807, 2.05) is 19.1 Å². The molecule has 0 saturated heterocycles. The molecule has 0 aliphatic heterocycles. The van der Waals surface area contributed by atoms with Crippen LogP contribution >= 0.6 is 15.9 Å². The first kappa shape index (κ1) is 13.0. The summed E-state index contributed by atoms with van der Waals surface area (Å²) < 4.78 is 18.9. The van der Waals surface area contributed by atoms with Gasteiger partial charge in [-0.05, 0) is 36.2 Å². The summed E-state index contributed by atoms with van der Waals surface area (Å²) in [7, 11) is 0. The summed E-state index contributed by atoms with van der Waals surface area (Å²) in [5, 5.41) is 0.604. The van der Waals surface area contributed by atoms with Gasteiger partial charge in [-0.1, -0.05) is 15.9 Å². The molecule has 0 unspecified atom stereocenters. The van der Waals surface area contributed by atoms with Gasteiger partial charge in [0.05, 0.1) is 0 Å². The zero-order chi connectivity index (χ0) is 13.0. The highest BCUT2D eigenvalue weighted by atomic mass is 79.9. The smallest absolute Gasteiger partial charge is 0.127 e. The van der Waals surface area contributed by atoms with E-state index < -0.39 is 0 Å². The Balaban J connectivity index is 2.08. The maximum absolute atomic E-state index is 13.3. The SMILES string of the molecule is Cc1cncc(COc2cc(F)cc(CBr)c2)c1. The van der Waals surface area contributed by atoms with Crippen molar-refractivity contribution < 1.29 is 9.13 Å². The highest BCUT2D eigenvalue weighted by Crippen LogP contribution is 2.19. The third kappa shape index (κ3) is 3.53. The minimum absolute atomic E-state index is 0.288. The molecule has 0 saturated carbocycles. The molecule has 0 N–H and O–H groups in total. The van der Waals surface area contributed by atoms with Crippen LogP contribution < -0.4 is 4.74 Å². The van der Waals surface area contributed by atoms with Gasteiger partial charge in [0.1, 0.15) is 18.2 Å². The molecule has 1 aromatic heterocycles. The second-order valence-corrected chi connectivity index (χ2v) is 4.65. The van der Waals surface area contributed by atoms with Crippen LogP contribution in [0.1, 0.15) is 16.7 Å². The number of hydrogen-bond acceptors (Lipinski definition) is 2. The number of alkyl halides is 1. The molecule has 0 bridgehead atoms. The lowest BCUT2D eigenvalue weighted by atomic mass is 10.2. The minimum Gasteiger partial charge on any atom is -0.489 e. The molecule has 1 aromatic carbocycles. The Morgan fingerprint density at radius 2 is 2.00 bits per heavy atom. The van der Waals surface area contributed by atoms with Crippen molar-refractivity contribution in [1.29, 1.82) is 0 Å². The van der Waals surface area contributed by atoms with Gasteiger partial charge in [-0.2, -0.15) is 0 Å². The fourth-order valence-corrected chi connectivity index (χ4v) is 1.97. The van der Waals surface area contributed by atoms with Gasteiger partial charge >= 0.3 is 0 Å². The largest absolute Gasteiger partial charge is 0.489 e. The molecule has 18 heavy (non-hydrogen) atoms. The zero-order valence-electron chi connectivity index (χ0n) is 9.99. The van der Waals surface area contributed by atoms with Crippen molar-refractivity contribution in [2.75, 3.05) is 0 Å². The number of hydrogen-bond donors (Lipinski definition) is 0. The molecule has 1 heterocycles. The van der Waals surface area contributed by atoms with Gasteiger partial charge in [0.2, 0.25) is 0 Å². The van der Waals surface area contributed by atoms with Gasteiger partial charge in [0, 0.05) is 29.4 Å². The molecule has 0 aliphatic carbocycles. The van der Waals surface area contributed by atoms with Crippen LogP contribution in [0.25, 0.3) is 0 Å². The van der Waals surface area contributed by atoms with E-state index in [1.165, 1.54) is 12.1 Å². The van der Waals surface area contributed by atoms with Gasteiger partial charge in [0.15, 0.2) is 0 Å². The van der Waals surface area contributed by atoms with Gasteiger partial charge in [0.25, 0.3) is 0 Å². The Labute approximate surface area is 114 Å². The quantitative estimate of drug-likeness (QED) is 0.796. The Hall–Kier alpha value is -1.42.